The average molecular weight is 424 g/mol. The van der Waals surface area contributed by atoms with E-state index in [0.29, 0.717) is 38.8 Å². The quantitative estimate of drug-likeness (QED) is 0.618. The van der Waals surface area contributed by atoms with Crippen LogP contribution in [0.1, 0.15) is 55.2 Å². The molecule has 0 radical (unpaired) electrons. The zero-order valence-electron chi connectivity index (χ0n) is 18.6. The maximum atomic E-state index is 12.1. The molecule has 0 bridgehead atoms. The zero-order chi connectivity index (χ0) is 21.8. The van der Waals surface area contributed by atoms with E-state index in [0.717, 1.165) is 29.7 Å². The van der Waals surface area contributed by atoms with Gasteiger partial charge in [-0.1, -0.05) is 48.2 Å². The number of rotatable bonds is 7. The minimum Gasteiger partial charge on any atom is -0.480 e. The Labute approximate surface area is 184 Å². The molecule has 2 aromatic carbocycles. The van der Waals surface area contributed by atoms with Crippen LogP contribution in [0.4, 0.5) is 5.69 Å². The Kier molecular flexibility index (Phi) is 6.63. The van der Waals surface area contributed by atoms with Crippen LogP contribution in [0.25, 0.3) is 11.1 Å². The Hall–Kier alpha value is -2.37. The molecular formula is C26H33NO4. The van der Waals surface area contributed by atoms with Gasteiger partial charge in [-0.3, -0.25) is 0 Å². The highest BCUT2D eigenvalue weighted by molar-refractivity contribution is 5.83. The van der Waals surface area contributed by atoms with Gasteiger partial charge >= 0.3 is 5.97 Å². The predicted molar refractivity (Wildman–Crippen MR) is 122 cm³/mol. The van der Waals surface area contributed by atoms with E-state index < -0.39 is 11.5 Å². The van der Waals surface area contributed by atoms with Gasteiger partial charge in [0.2, 0.25) is 0 Å². The smallest absolute Gasteiger partial charge is 0.329 e. The Balaban J connectivity index is 1.65. The predicted octanol–water partition coefficient (Wildman–Crippen LogP) is 5.48. The molecule has 0 aromatic heterocycles. The van der Waals surface area contributed by atoms with Crippen LogP contribution >= 0.6 is 0 Å². The van der Waals surface area contributed by atoms with Crippen molar-refractivity contribution in [2.75, 3.05) is 18.5 Å². The molecule has 2 aliphatic rings. The standard InChI is InChI=1S/C26H33NO4/c1-18-13-19(2)15-20(14-18)24-8-7-22(16-21(24)17-31-23-5-3-4-6-23)27-26(25(28)29)9-11-30-12-10-26/h7-8,13-16,23,27H,3-6,9-12,17H2,1-2H3,(H,28,29). The van der Waals surface area contributed by atoms with E-state index >= 15 is 0 Å². The highest BCUT2D eigenvalue weighted by Crippen LogP contribution is 2.33. The number of hydrogen-bond donors (Lipinski definition) is 2. The lowest BCUT2D eigenvalue weighted by atomic mass is 9.89. The molecule has 2 fully saturated rings. The van der Waals surface area contributed by atoms with Crippen molar-refractivity contribution in [1.29, 1.82) is 0 Å². The van der Waals surface area contributed by atoms with Crippen LogP contribution in [0.5, 0.6) is 0 Å². The lowest BCUT2D eigenvalue weighted by Crippen LogP contribution is -2.50. The molecule has 5 heteroatoms. The van der Waals surface area contributed by atoms with Crippen molar-refractivity contribution in [3.8, 4) is 11.1 Å². The van der Waals surface area contributed by atoms with Gasteiger partial charge in [-0.05, 0) is 55.5 Å². The minimum atomic E-state index is -0.983. The van der Waals surface area contributed by atoms with Gasteiger partial charge in [0.1, 0.15) is 5.54 Å². The van der Waals surface area contributed by atoms with E-state index in [1.807, 2.05) is 6.07 Å². The third-order valence-corrected chi connectivity index (χ3v) is 6.55. The highest BCUT2D eigenvalue weighted by atomic mass is 16.5. The fourth-order valence-electron chi connectivity index (χ4n) is 4.85. The Morgan fingerprint density at radius 1 is 1.10 bits per heavy atom. The SMILES string of the molecule is Cc1cc(C)cc(-c2ccc(NC3(C(=O)O)CCOCC3)cc2COC2CCCC2)c1. The Morgan fingerprint density at radius 3 is 2.42 bits per heavy atom. The number of carbonyl (C=O) groups is 1. The maximum Gasteiger partial charge on any atom is 0.329 e. The summed E-state index contributed by atoms with van der Waals surface area (Å²) in [7, 11) is 0. The fraction of sp³-hybridized carbons (Fsp3) is 0.500. The topological polar surface area (TPSA) is 67.8 Å². The van der Waals surface area contributed by atoms with Crippen molar-refractivity contribution < 1.29 is 19.4 Å². The van der Waals surface area contributed by atoms with Crippen molar-refractivity contribution in [3.63, 3.8) is 0 Å². The molecule has 2 N–H and O–H groups in total. The summed E-state index contributed by atoms with van der Waals surface area (Å²) in [5, 5.41) is 13.2. The van der Waals surface area contributed by atoms with Gasteiger partial charge in [0, 0.05) is 31.7 Å². The van der Waals surface area contributed by atoms with Crippen molar-refractivity contribution in [2.24, 2.45) is 0 Å². The number of carboxylic acid groups (broad SMARTS) is 1. The van der Waals surface area contributed by atoms with E-state index in [1.165, 1.54) is 29.5 Å². The molecule has 1 saturated carbocycles. The monoisotopic (exact) mass is 423 g/mol. The summed E-state index contributed by atoms with van der Waals surface area (Å²) in [6, 6.07) is 12.7. The number of aryl methyl sites for hydroxylation is 2. The average Bonchev–Trinajstić information content (AvgIpc) is 3.26. The largest absolute Gasteiger partial charge is 0.480 e. The number of ether oxygens (including phenoxy) is 2. The summed E-state index contributed by atoms with van der Waals surface area (Å²) in [5.74, 6) is -0.821. The lowest BCUT2D eigenvalue weighted by molar-refractivity contribution is -0.145. The van der Waals surface area contributed by atoms with E-state index in [-0.39, 0.29) is 0 Å². The van der Waals surface area contributed by atoms with Crippen LogP contribution in [-0.4, -0.2) is 35.9 Å². The molecular weight excluding hydrogens is 390 g/mol. The molecule has 0 unspecified atom stereocenters. The normalized spacial score (nSPS) is 18.8. The number of anilines is 1. The summed E-state index contributed by atoms with van der Waals surface area (Å²) in [6.07, 6.45) is 5.95. The zero-order valence-corrected chi connectivity index (χ0v) is 18.6. The van der Waals surface area contributed by atoms with Crippen LogP contribution < -0.4 is 5.32 Å². The molecule has 4 rings (SSSR count). The van der Waals surface area contributed by atoms with E-state index in [2.05, 4.69) is 49.5 Å². The molecule has 31 heavy (non-hydrogen) atoms. The van der Waals surface area contributed by atoms with Crippen LogP contribution in [0, 0.1) is 13.8 Å². The van der Waals surface area contributed by atoms with Crippen LogP contribution in [0.15, 0.2) is 36.4 Å². The number of aliphatic carboxylic acids is 1. The highest BCUT2D eigenvalue weighted by Gasteiger charge is 2.40. The number of nitrogens with one attached hydrogen (secondary N) is 1. The molecule has 0 atom stereocenters. The summed E-state index contributed by atoms with van der Waals surface area (Å²) >= 11 is 0. The van der Waals surface area contributed by atoms with Gasteiger partial charge in [0.15, 0.2) is 0 Å². The first-order valence-electron chi connectivity index (χ1n) is 11.4. The molecule has 0 spiro atoms. The summed E-state index contributed by atoms with van der Waals surface area (Å²) in [4.78, 5) is 12.1. The third kappa shape index (κ3) is 5.10. The molecule has 2 aromatic rings. The second kappa shape index (κ2) is 9.41. The number of carboxylic acids is 1. The van der Waals surface area contributed by atoms with Crippen molar-refractivity contribution in [2.45, 2.75) is 70.6 Å². The Morgan fingerprint density at radius 2 is 1.77 bits per heavy atom. The molecule has 5 nitrogen and oxygen atoms in total. The van der Waals surface area contributed by atoms with E-state index in [4.69, 9.17) is 9.47 Å². The number of hydrogen-bond acceptors (Lipinski definition) is 4. The number of benzene rings is 2. The first kappa shape index (κ1) is 21.8. The van der Waals surface area contributed by atoms with E-state index in [1.54, 1.807) is 0 Å². The van der Waals surface area contributed by atoms with Gasteiger partial charge in [0.05, 0.1) is 12.7 Å². The van der Waals surface area contributed by atoms with E-state index in [9.17, 15) is 9.90 Å². The first-order chi connectivity index (χ1) is 14.9. The van der Waals surface area contributed by atoms with Gasteiger partial charge in [-0.2, -0.15) is 0 Å². The fourth-order valence-corrected chi connectivity index (χ4v) is 4.85. The van der Waals surface area contributed by atoms with Gasteiger partial charge in [0.25, 0.3) is 0 Å². The van der Waals surface area contributed by atoms with Crippen molar-refractivity contribution in [3.05, 3.63) is 53.1 Å². The summed E-state index contributed by atoms with van der Waals surface area (Å²) in [6.45, 7) is 5.67. The molecule has 1 saturated heterocycles. The van der Waals surface area contributed by atoms with Gasteiger partial charge in [-0.15, -0.1) is 0 Å². The Bertz CT molecular complexity index is 907. The van der Waals surface area contributed by atoms with Crippen molar-refractivity contribution in [1.82, 2.24) is 0 Å². The maximum absolute atomic E-state index is 12.1. The minimum absolute atomic E-state index is 0.324. The second-order valence-corrected chi connectivity index (χ2v) is 9.09. The van der Waals surface area contributed by atoms with Gasteiger partial charge in [-0.25, -0.2) is 4.79 Å². The molecule has 1 aliphatic heterocycles. The van der Waals surface area contributed by atoms with Crippen LogP contribution in [0.3, 0.4) is 0 Å². The molecule has 1 heterocycles. The second-order valence-electron chi connectivity index (χ2n) is 9.09. The van der Waals surface area contributed by atoms with Gasteiger partial charge < -0.3 is 19.9 Å². The van der Waals surface area contributed by atoms with Crippen molar-refractivity contribution >= 4 is 11.7 Å². The molecule has 0 amide bonds. The third-order valence-electron chi connectivity index (χ3n) is 6.55. The summed E-state index contributed by atoms with van der Waals surface area (Å²) < 4.78 is 11.7. The lowest BCUT2D eigenvalue weighted by Gasteiger charge is -2.35. The van der Waals surface area contributed by atoms with Crippen LogP contribution in [-0.2, 0) is 20.9 Å². The molecule has 166 valence electrons. The first-order valence-corrected chi connectivity index (χ1v) is 11.4. The summed E-state index contributed by atoms with van der Waals surface area (Å²) in [5.41, 5.74) is 5.71. The van der Waals surface area contributed by atoms with Crippen LogP contribution in [0.2, 0.25) is 0 Å². The molecule has 1 aliphatic carbocycles.